The second-order valence-electron chi connectivity index (χ2n) is 3.37. The lowest BCUT2D eigenvalue weighted by Crippen LogP contribution is -1.98. The van der Waals surface area contributed by atoms with Gasteiger partial charge in [-0.15, -0.1) is 0 Å². The molecule has 0 aliphatic carbocycles. The number of halogens is 2. The Labute approximate surface area is 77.6 Å². The summed E-state index contributed by atoms with van der Waals surface area (Å²) in [7, 11) is 0. The predicted octanol–water partition coefficient (Wildman–Crippen LogP) is 3.46. The summed E-state index contributed by atoms with van der Waals surface area (Å²) in [5, 5.41) is 0. The van der Waals surface area contributed by atoms with Crippen LogP contribution in [0.15, 0.2) is 12.1 Å². The third-order valence-electron chi connectivity index (χ3n) is 2.08. The van der Waals surface area contributed by atoms with Crippen LogP contribution in [0.3, 0.4) is 0 Å². The molecule has 0 aromatic heterocycles. The normalized spacial score (nSPS) is 10.9. The highest BCUT2D eigenvalue weighted by Gasteiger charge is 2.10. The lowest BCUT2D eigenvalue weighted by atomic mass is 10.00. The van der Waals surface area contributed by atoms with Gasteiger partial charge in [0.1, 0.15) is 11.6 Å². The highest BCUT2D eigenvalue weighted by atomic mass is 19.1. The number of rotatable bonds is 2. The van der Waals surface area contributed by atoms with Gasteiger partial charge in [0.25, 0.3) is 0 Å². The van der Waals surface area contributed by atoms with Gasteiger partial charge in [0.15, 0.2) is 0 Å². The molecule has 0 saturated carbocycles. The van der Waals surface area contributed by atoms with Crippen molar-refractivity contribution in [2.24, 2.45) is 0 Å². The van der Waals surface area contributed by atoms with E-state index < -0.39 is 11.6 Å². The molecule has 1 radical (unpaired) electrons. The van der Waals surface area contributed by atoms with Gasteiger partial charge in [-0.25, -0.2) is 8.78 Å². The fraction of sp³-hybridized carbons (Fsp3) is 0.364. The standard InChI is InChI=1S/C11H13F2/c1-4-9-10(12)5-8(7(2)3)6-11(9)13/h5-7H,1,4H2,2-3H3. The molecule has 2 heteroatoms. The van der Waals surface area contributed by atoms with Crippen LogP contribution < -0.4 is 0 Å². The van der Waals surface area contributed by atoms with Crippen molar-refractivity contribution in [3.63, 3.8) is 0 Å². The summed E-state index contributed by atoms with van der Waals surface area (Å²) in [6.07, 6.45) is 0.149. The van der Waals surface area contributed by atoms with Crippen molar-refractivity contribution in [1.82, 2.24) is 0 Å². The summed E-state index contributed by atoms with van der Waals surface area (Å²) in [6.45, 7) is 7.27. The summed E-state index contributed by atoms with van der Waals surface area (Å²) in [5.41, 5.74) is 0.761. The van der Waals surface area contributed by atoms with Crippen LogP contribution in [0.4, 0.5) is 8.78 Å². The second kappa shape index (κ2) is 3.86. The van der Waals surface area contributed by atoms with Gasteiger partial charge in [0.2, 0.25) is 0 Å². The molecular weight excluding hydrogens is 170 g/mol. The van der Waals surface area contributed by atoms with E-state index >= 15 is 0 Å². The van der Waals surface area contributed by atoms with Crippen molar-refractivity contribution < 1.29 is 8.78 Å². The van der Waals surface area contributed by atoms with Crippen molar-refractivity contribution in [3.05, 3.63) is 41.8 Å². The Balaban J connectivity index is 3.20. The number of hydrogen-bond donors (Lipinski definition) is 0. The lowest BCUT2D eigenvalue weighted by molar-refractivity contribution is 0.556. The fourth-order valence-corrected chi connectivity index (χ4v) is 1.19. The van der Waals surface area contributed by atoms with Crippen LogP contribution in [0.1, 0.15) is 30.9 Å². The topological polar surface area (TPSA) is 0 Å². The maximum Gasteiger partial charge on any atom is 0.129 e. The van der Waals surface area contributed by atoms with E-state index in [1.54, 1.807) is 0 Å². The molecule has 0 spiro atoms. The fourth-order valence-electron chi connectivity index (χ4n) is 1.19. The van der Waals surface area contributed by atoms with Crippen molar-refractivity contribution in [2.45, 2.75) is 26.2 Å². The highest BCUT2D eigenvalue weighted by Crippen LogP contribution is 2.21. The van der Waals surface area contributed by atoms with Gasteiger partial charge in [-0.1, -0.05) is 13.8 Å². The van der Waals surface area contributed by atoms with Gasteiger partial charge in [-0.3, -0.25) is 0 Å². The Morgan fingerprint density at radius 1 is 1.23 bits per heavy atom. The van der Waals surface area contributed by atoms with E-state index in [1.807, 2.05) is 13.8 Å². The molecule has 0 aliphatic heterocycles. The van der Waals surface area contributed by atoms with Crippen molar-refractivity contribution in [3.8, 4) is 0 Å². The minimum absolute atomic E-state index is 0.0735. The molecule has 0 atom stereocenters. The van der Waals surface area contributed by atoms with E-state index in [-0.39, 0.29) is 17.9 Å². The maximum absolute atomic E-state index is 13.2. The summed E-state index contributed by atoms with van der Waals surface area (Å²) in [6, 6.07) is 2.77. The van der Waals surface area contributed by atoms with E-state index in [2.05, 4.69) is 6.92 Å². The third kappa shape index (κ3) is 2.06. The first-order valence-electron chi connectivity index (χ1n) is 4.33. The average Bonchev–Trinajstić information content (AvgIpc) is 2.03. The van der Waals surface area contributed by atoms with Crippen molar-refractivity contribution in [2.75, 3.05) is 0 Å². The van der Waals surface area contributed by atoms with Crippen molar-refractivity contribution in [1.29, 1.82) is 0 Å². The van der Waals surface area contributed by atoms with Gasteiger partial charge >= 0.3 is 0 Å². The van der Waals surface area contributed by atoms with Gasteiger partial charge in [0.05, 0.1) is 0 Å². The summed E-state index contributed by atoms with van der Waals surface area (Å²) in [4.78, 5) is 0. The highest BCUT2D eigenvalue weighted by molar-refractivity contribution is 5.28. The molecule has 0 fully saturated rings. The van der Waals surface area contributed by atoms with Crippen LogP contribution in [0, 0.1) is 18.6 Å². The Morgan fingerprint density at radius 2 is 1.69 bits per heavy atom. The molecule has 1 rings (SSSR count). The third-order valence-corrected chi connectivity index (χ3v) is 2.08. The Kier molecular flexibility index (Phi) is 3.02. The van der Waals surface area contributed by atoms with E-state index in [1.165, 1.54) is 12.1 Å². The molecule has 0 aliphatic rings. The first kappa shape index (κ1) is 10.2. The van der Waals surface area contributed by atoms with E-state index in [4.69, 9.17) is 0 Å². The molecule has 1 aromatic carbocycles. The van der Waals surface area contributed by atoms with Crippen LogP contribution in [0.5, 0.6) is 0 Å². The van der Waals surface area contributed by atoms with E-state index in [0.717, 1.165) is 0 Å². The van der Waals surface area contributed by atoms with Gasteiger partial charge < -0.3 is 0 Å². The van der Waals surface area contributed by atoms with Crippen LogP contribution in [0.25, 0.3) is 0 Å². The van der Waals surface area contributed by atoms with Crippen LogP contribution in [-0.2, 0) is 6.42 Å². The minimum Gasteiger partial charge on any atom is -0.207 e. The zero-order valence-electron chi connectivity index (χ0n) is 7.90. The number of hydrogen-bond acceptors (Lipinski definition) is 0. The van der Waals surface area contributed by atoms with Gasteiger partial charge in [-0.05, 0) is 37.0 Å². The summed E-state index contributed by atoms with van der Waals surface area (Å²) in [5.74, 6) is -0.833. The Hall–Kier alpha value is -0.920. The summed E-state index contributed by atoms with van der Waals surface area (Å²) >= 11 is 0. The van der Waals surface area contributed by atoms with Gasteiger partial charge in [0, 0.05) is 5.56 Å². The zero-order chi connectivity index (χ0) is 10.0. The molecule has 1 aromatic rings. The molecule has 0 bridgehead atoms. The molecule has 0 nitrogen and oxygen atoms in total. The van der Waals surface area contributed by atoms with Crippen LogP contribution >= 0.6 is 0 Å². The van der Waals surface area contributed by atoms with Crippen LogP contribution in [0.2, 0.25) is 0 Å². The monoisotopic (exact) mass is 183 g/mol. The second-order valence-corrected chi connectivity index (χ2v) is 3.37. The Bertz CT molecular complexity index is 280. The smallest absolute Gasteiger partial charge is 0.129 e. The molecule has 0 N–H and O–H groups in total. The molecule has 0 amide bonds. The van der Waals surface area contributed by atoms with Gasteiger partial charge in [-0.2, -0.15) is 0 Å². The minimum atomic E-state index is -0.487. The molecule has 0 saturated heterocycles. The molecule has 71 valence electrons. The quantitative estimate of drug-likeness (QED) is 0.658. The van der Waals surface area contributed by atoms with E-state index in [0.29, 0.717) is 5.56 Å². The van der Waals surface area contributed by atoms with Crippen LogP contribution in [-0.4, -0.2) is 0 Å². The largest absolute Gasteiger partial charge is 0.207 e. The first-order valence-corrected chi connectivity index (χ1v) is 4.33. The predicted molar refractivity (Wildman–Crippen MR) is 49.5 cm³/mol. The Morgan fingerprint density at radius 3 is 2.00 bits per heavy atom. The van der Waals surface area contributed by atoms with Crippen molar-refractivity contribution >= 4 is 0 Å². The lowest BCUT2D eigenvalue weighted by Gasteiger charge is -2.08. The zero-order valence-corrected chi connectivity index (χ0v) is 7.90. The first-order chi connectivity index (χ1) is 6.06. The average molecular weight is 183 g/mol. The summed E-state index contributed by atoms with van der Waals surface area (Å²) < 4.78 is 26.4. The maximum atomic E-state index is 13.2. The molecule has 13 heavy (non-hydrogen) atoms. The molecule has 0 heterocycles. The molecule has 0 unspecified atom stereocenters. The number of benzene rings is 1. The molecular formula is C11H13F2. The SMILES string of the molecule is [CH2]Cc1c(F)cc(C(C)C)cc1F. The van der Waals surface area contributed by atoms with E-state index in [9.17, 15) is 8.78 Å².